The summed E-state index contributed by atoms with van der Waals surface area (Å²) in [7, 11) is 0. The summed E-state index contributed by atoms with van der Waals surface area (Å²) < 4.78 is 4.72. The van der Waals surface area contributed by atoms with Gasteiger partial charge >= 0.3 is 5.69 Å². The highest BCUT2D eigenvalue weighted by atomic mass is 16.6. The van der Waals surface area contributed by atoms with Crippen molar-refractivity contribution in [3.63, 3.8) is 0 Å². The van der Waals surface area contributed by atoms with Crippen molar-refractivity contribution in [1.29, 1.82) is 0 Å². The lowest BCUT2D eigenvalue weighted by atomic mass is 9.96. The molecule has 0 saturated carbocycles. The number of hydrogen-bond acceptors (Lipinski definition) is 7. The van der Waals surface area contributed by atoms with E-state index in [0.717, 1.165) is 31.5 Å². The summed E-state index contributed by atoms with van der Waals surface area (Å²) in [5.41, 5.74) is 7.41. The minimum Gasteiger partial charge on any atom is -0.365 e. The molecule has 112 valence electrons. The third-order valence-electron chi connectivity index (χ3n) is 4.04. The molecule has 2 unspecified atom stereocenters. The van der Waals surface area contributed by atoms with Crippen LogP contribution in [0.25, 0.3) is 11.0 Å². The normalized spacial score (nSPS) is 20.7. The van der Waals surface area contributed by atoms with E-state index in [1.807, 2.05) is 6.92 Å². The minimum absolute atomic E-state index is 0.00963. The standard InChI is InChI=1S/C13H17N5O3/c1-8(14)9-4-2-3-7-17(9)10-5-6-11(18(19)20)13-12(10)15-21-16-13/h5-6,8-9H,2-4,7,14H2,1H3. The van der Waals surface area contributed by atoms with Crippen molar-refractivity contribution in [3.05, 3.63) is 22.2 Å². The van der Waals surface area contributed by atoms with Gasteiger partial charge in [0.1, 0.15) is 0 Å². The largest absolute Gasteiger partial charge is 0.365 e. The van der Waals surface area contributed by atoms with E-state index in [1.165, 1.54) is 6.07 Å². The number of nitro benzene ring substituents is 1. The van der Waals surface area contributed by atoms with Gasteiger partial charge in [0, 0.05) is 24.7 Å². The van der Waals surface area contributed by atoms with Gasteiger partial charge in [0.15, 0.2) is 5.52 Å². The van der Waals surface area contributed by atoms with Crippen molar-refractivity contribution < 1.29 is 9.55 Å². The number of anilines is 1. The number of nitrogens with two attached hydrogens (primary N) is 1. The molecule has 1 aromatic heterocycles. The van der Waals surface area contributed by atoms with Gasteiger partial charge in [-0.3, -0.25) is 10.1 Å². The lowest BCUT2D eigenvalue weighted by molar-refractivity contribution is -0.383. The van der Waals surface area contributed by atoms with E-state index < -0.39 is 4.92 Å². The average Bonchev–Trinajstić information content (AvgIpc) is 2.95. The summed E-state index contributed by atoms with van der Waals surface area (Å²) in [6.45, 7) is 2.83. The topological polar surface area (TPSA) is 111 Å². The van der Waals surface area contributed by atoms with Gasteiger partial charge in [-0.25, -0.2) is 4.63 Å². The number of nitro groups is 1. The van der Waals surface area contributed by atoms with Crippen LogP contribution < -0.4 is 10.6 Å². The molecule has 0 radical (unpaired) electrons. The van der Waals surface area contributed by atoms with Crippen LogP contribution in [0.15, 0.2) is 16.8 Å². The summed E-state index contributed by atoms with van der Waals surface area (Å²) in [6, 6.07) is 3.37. The van der Waals surface area contributed by atoms with Crippen LogP contribution in [0.4, 0.5) is 11.4 Å². The first kappa shape index (κ1) is 13.7. The second kappa shape index (κ2) is 5.28. The Kier molecular flexibility index (Phi) is 3.46. The van der Waals surface area contributed by atoms with E-state index in [4.69, 9.17) is 10.4 Å². The molecular formula is C13H17N5O3. The molecule has 0 spiro atoms. The average molecular weight is 291 g/mol. The monoisotopic (exact) mass is 291 g/mol. The van der Waals surface area contributed by atoms with E-state index in [9.17, 15) is 10.1 Å². The first-order valence-electron chi connectivity index (χ1n) is 7.01. The van der Waals surface area contributed by atoms with E-state index in [-0.39, 0.29) is 23.3 Å². The van der Waals surface area contributed by atoms with Gasteiger partial charge in [0.25, 0.3) is 0 Å². The number of rotatable bonds is 3. The smallest absolute Gasteiger partial charge is 0.300 e. The van der Waals surface area contributed by atoms with Crippen LogP contribution in [0.5, 0.6) is 0 Å². The van der Waals surface area contributed by atoms with Gasteiger partial charge in [0.05, 0.1) is 10.6 Å². The van der Waals surface area contributed by atoms with Crippen molar-refractivity contribution in [2.75, 3.05) is 11.4 Å². The lowest BCUT2D eigenvalue weighted by Crippen LogP contribution is -2.49. The maximum absolute atomic E-state index is 11.0. The highest BCUT2D eigenvalue weighted by Gasteiger charge is 2.29. The molecule has 0 amide bonds. The summed E-state index contributed by atoms with van der Waals surface area (Å²) in [6.07, 6.45) is 3.20. The summed E-state index contributed by atoms with van der Waals surface area (Å²) >= 11 is 0. The molecule has 2 heterocycles. The number of aromatic nitrogens is 2. The van der Waals surface area contributed by atoms with Crippen molar-refractivity contribution in [2.45, 2.75) is 38.3 Å². The molecule has 1 fully saturated rings. The summed E-state index contributed by atoms with van der Waals surface area (Å²) in [4.78, 5) is 12.7. The number of nitrogens with zero attached hydrogens (tertiary/aromatic N) is 4. The Morgan fingerprint density at radius 2 is 2.19 bits per heavy atom. The van der Waals surface area contributed by atoms with Crippen LogP contribution >= 0.6 is 0 Å². The molecular weight excluding hydrogens is 274 g/mol. The zero-order valence-corrected chi connectivity index (χ0v) is 11.7. The number of non-ortho nitro benzene ring substituents is 1. The molecule has 1 aliphatic rings. The molecule has 3 rings (SSSR count). The van der Waals surface area contributed by atoms with Gasteiger partial charge in [-0.15, -0.1) is 0 Å². The van der Waals surface area contributed by atoms with E-state index in [2.05, 4.69) is 15.2 Å². The Labute approximate surface area is 121 Å². The Morgan fingerprint density at radius 1 is 1.43 bits per heavy atom. The minimum atomic E-state index is -0.477. The van der Waals surface area contributed by atoms with E-state index in [0.29, 0.717) is 5.52 Å². The number of piperidine rings is 1. The molecule has 2 N–H and O–H groups in total. The number of fused-ring (bicyclic) bond motifs is 1. The molecule has 21 heavy (non-hydrogen) atoms. The Morgan fingerprint density at radius 3 is 2.90 bits per heavy atom. The van der Waals surface area contributed by atoms with Crippen LogP contribution in [0.2, 0.25) is 0 Å². The number of hydrogen-bond donors (Lipinski definition) is 1. The quantitative estimate of drug-likeness (QED) is 0.678. The zero-order valence-electron chi connectivity index (χ0n) is 11.7. The summed E-state index contributed by atoms with van der Waals surface area (Å²) in [5, 5.41) is 18.6. The molecule has 2 atom stereocenters. The fourth-order valence-electron chi connectivity index (χ4n) is 3.02. The summed E-state index contributed by atoms with van der Waals surface area (Å²) in [5.74, 6) is 0. The predicted molar refractivity (Wildman–Crippen MR) is 77.1 cm³/mol. The highest BCUT2D eigenvalue weighted by molar-refractivity contribution is 5.94. The maximum atomic E-state index is 11.0. The van der Waals surface area contributed by atoms with Crippen molar-refractivity contribution >= 4 is 22.4 Å². The lowest BCUT2D eigenvalue weighted by Gasteiger charge is -2.39. The maximum Gasteiger partial charge on any atom is 0.300 e. The fourth-order valence-corrected chi connectivity index (χ4v) is 3.02. The van der Waals surface area contributed by atoms with Crippen LogP contribution in [-0.2, 0) is 0 Å². The first-order chi connectivity index (χ1) is 10.1. The van der Waals surface area contributed by atoms with Gasteiger partial charge in [-0.2, -0.15) is 0 Å². The molecule has 1 aromatic carbocycles. The van der Waals surface area contributed by atoms with Crippen molar-refractivity contribution in [1.82, 2.24) is 10.3 Å². The predicted octanol–water partition coefficient (Wildman–Crippen LogP) is 1.84. The Balaban J connectivity index is 2.10. The van der Waals surface area contributed by atoms with Crippen LogP contribution in [0.1, 0.15) is 26.2 Å². The second-order valence-electron chi connectivity index (χ2n) is 5.44. The number of benzene rings is 1. The Hall–Kier alpha value is -2.22. The van der Waals surface area contributed by atoms with Crippen LogP contribution in [0, 0.1) is 10.1 Å². The van der Waals surface area contributed by atoms with Crippen LogP contribution in [0.3, 0.4) is 0 Å². The Bertz CT molecular complexity index is 669. The van der Waals surface area contributed by atoms with Crippen molar-refractivity contribution in [2.24, 2.45) is 5.73 Å². The van der Waals surface area contributed by atoms with Gasteiger partial charge in [-0.05, 0) is 42.6 Å². The molecule has 0 bridgehead atoms. The zero-order chi connectivity index (χ0) is 15.0. The third kappa shape index (κ3) is 2.31. The molecule has 0 aliphatic carbocycles. The fraction of sp³-hybridized carbons (Fsp3) is 0.538. The highest BCUT2D eigenvalue weighted by Crippen LogP contribution is 2.34. The van der Waals surface area contributed by atoms with Gasteiger partial charge < -0.3 is 10.6 Å². The van der Waals surface area contributed by atoms with Crippen molar-refractivity contribution in [3.8, 4) is 0 Å². The van der Waals surface area contributed by atoms with E-state index >= 15 is 0 Å². The SMILES string of the molecule is CC(N)C1CCCCN1c1ccc([N+](=O)[O-])c2nonc12. The first-order valence-corrected chi connectivity index (χ1v) is 7.01. The second-order valence-corrected chi connectivity index (χ2v) is 5.44. The molecule has 2 aromatic rings. The molecule has 8 heteroatoms. The third-order valence-corrected chi connectivity index (χ3v) is 4.04. The van der Waals surface area contributed by atoms with Gasteiger partial charge in [-0.1, -0.05) is 0 Å². The molecule has 8 nitrogen and oxygen atoms in total. The van der Waals surface area contributed by atoms with E-state index in [1.54, 1.807) is 6.07 Å². The molecule has 1 saturated heterocycles. The van der Waals surface area contributed by atoms with Gasteiger partial charge in [0.2, 0.25) is 5.52 Å². The van der Waals surface area contributed by atoms with Crippen LogP contribution in [-0.4, -0.2) is 33.9 Å². The molecule has 1 aliphatic heterocycles.